The van der Waals surface area contributed by atoms with Crippen LogP contribution in [0.2, 0.25) is 0 Å². The van der Waals surface area contributed by atoms with Crippen LogP contribution in [0.15, 0.2) is 28.8 Å². The molecule has 0 aliphatic heterocycles. The number of aliphatic carboxylic acids is 1. The molecule has 0 radical (unpaired) electrons. The third-order valence-electron chi connectivity index (χ3n) is 4.34. The molecule has 1 unspecified atom stereocenters. The van der Waals surface area contributed by atoms with Crippen molar-refractivity contribution in [2.24, 2.45) is 0 Å². The lowest BCUT2D eigenvalue weighted by molar-refractivity contribution is -0.139. The summed E-state index contributed by atoms with van der Waals surface area (Å²) in [5.41, 5.74) is 0.914. The normalized spacial score (nSPS) is 14.6. The van der Waals surface area contributed by atoms with Gasteiger partial charge in [0, 0.05) is 18.8 Å². The molecule has 1 aromatic carbocycles. The van der Waals surface area contributed by atoms with E-state index >= 15 is 0 Å². The summed E-state index contributed by atoms with van der Waals surface area (Å²) in [7, 11) is 0. The Hall–Kier alpha value is -2.90. The highest BCUT2D eigenvalue weighted by Gasteiger charge is 2.28. The minimum atomic E-state index is -1.02. The number of hydrogen-bond acceptors (Lipinski definition) is 6. The molecule has 8 nitrogen and oxygen atoms in total. The molecule has 1 saturated carbocycles. The largest absolute Gasteiger partial charge is 0.482 e. The zero-order chi connectivity index (χ0) is 19.2. The summed E-state index contributed by atoms with van der Waals surface area (Å²) < 4.78 is 10.3. The highest BCUT2D eigenvalue weighted by Crippen LogP contribution is 2.38. The number of carbonyl (C=O) groups excluding carboxylic acids is 1. The van der Waals surface area contributed by atoms with E-state index < -0.39 is 5.97 Å². The molecule has 144 valence electrons. The Balaban J connectivity index is 1.39. The average Bonchev–Trinajstić information content (AvgIpc) is 3.39. The molecule has 1 aromatic heterocycles. The molecule has 1 amide bonds. The van der Waals surface area contributed by atoms with Crippen molar-refractivity contribution in [3.63, 3.8) is 0 Å². The van der Waals surface area contributed by atoms with Crippen molar-refractivity contribution in [3.8, 4) is 5.75 Å². The Morgan fingerprint density at radius 1 is 1.33 bits per heavy atom. The van der Waals surface area contributed by atoms with Crippen molar-refractivity contribution in [2.45, 2.75) is 51.0 Å². The molecule has 0 saturated heterocycles. The van der Waals surface area contributed by atoms with Crippen LogP contribution in [-0.2, 0) is 16.0 Å². The van der Waals surface area contributed by atoms with Crippen LogP contribution >= 0.6 is 0 Å². The third kappa shape index (κ3) is 5.80. The molecule has 1 fully saturated rings. The van der Waals surface area contributed by atoms with E-state index in [1.165, 1.54) is 0 Å². The molecule has 1 aliphatic rings. The first-order valence-corrected chi connectivity index (χ1v) is 9.07. The van der Waals surface area contributed by atoms with Crippen molar-refractivity contribution < 1.29 is 24.0 Å². The van der Waals surface area contributed by atoms with Crippen LogP contribution in [0.3, 0.4) is 0 Å². The third-order valence-corrected chi connectivity index (χ3v) is 4.34. The second kappa shape index (κ2) is 8.66. The lowest BCUT2D eigenvalue weighted by Gasteiger charge is -2.15. The monoisotopic (exact) mass is 373 g/mol. The smallest absolute Gasteiger partial charge is 0.341 e. The minimum absolute atomic E-state index is 0.0457. The van der Waals surface area contributed by atoms with Gasteiger partial charge in [0.25, 0.3) is 0 Å². The van der Waals surface area contributed by atoms with Gasteiger partial charge in [0.2, 0.25) is 11.8 Å². The standard InChI is InChI=1S/C19H23N3O5/c1-12(13-7-9-15(10-8-13)26-11-18(24)25)20-16(23)3-2-4-17-21-19(22-27-17)14-5-6-14/h7-10,12,14H,2-6,11H2,1H3,(H,20,23)(H,24,25). The van der Waals surface area contributed by atoms with E-state index in [-0.39, 0.29) is 18.6 Å². The van der Waals surface area contributed by atoms with Crippen LogP contribution in [0.25, 0.3) is 0 Å². The summed E-state index contributed by atoms with van der Waals surface area (Å²) in [6.45, 7) is 1.51. The van der Waals surface area contributed by atoms with Gasteiger partial charge in [0.1, 0.15) is 5.75 Å². The van der Waals surface area contributed by atoms with E-state index in [1.54, 1.807) is 24.3 Å². The lowest BCUT2D eigenvalue weighted by Crippen LogP contribution is -2.26. The number of benzene rings is 1. The maximum atomic E-state index is 12.1. The molecule has 27 heavy (non-hydrogen) atoms. The average molecular weight is 373 g/mol. The molecule has 1 heterocycles. The molecule has 0 spiro atoms. The molecule has 1 aliphatic carbocycles. The van der Waals surface area contributed by atoms with Crippen molar-refractivity contribution in [3.05, 3.63) is 41.5 Å². The summed E-state index contributed by atoms with van der Waals surface area (Å²) in [5, 5.41) is 15.5. The van der Waals surface area contributed by atoms with E-state index in [0.29, 0.717) is 36.8 Å². The molecule has 0 bridgehead atoms. The number of carboxylic acids is 1. The van der Waals surface area contributed by atoms with Gasteiger partial charge in [-0.05, 0) is 43.9 Å². The van der Waals surface area contributed by atoms with Gasteiger partial charge in [0.05, 0.1) is 6.04 Å². The molecular weight excluding hydrogens is 350 g/mol. The van der Waals surface area contributed by atoms with Crippen molar-refractivity contribution in [1.82, 2.24) is 15.5 Å². The number of aromatic nitrogens is 2. The Kier molecular flexibility index (Phi) is 6.05. The summed E-state index contributed by atoms with van der Waals surface area (Å²) in [6, 6.07) is 6.83. The van der Waals surface area contributed by atoms with Gasteiger partial charge in [-0.15, -0.1) is 0 Å². The van der Waals surface area contributed by atoms with E-state index in [0.717, 1.165) is 24.2 Å². The van der Waals surface area contributed by atoms with E-state index in [9.17, 15) is 9.59 Å². The first-order chi connectivity index (χ1) is 13.0. The molecular formula is C19H23N3O5. The number of carboxylic acid groups (broad SMARTS) is 1. The lowest BCUT2D eigenvalue weighted by atomic mass is 10.1. The minimum Gasteiger partial charge on any atom is -0.482 e. The predicted molar refractivity (Wildman–Crippen MR) is 95.3 cm³/mol. The van der Waals surface area contributed by atoms with Crippen LogP contribution in [0, 0.1) is 0 Å². The molecule has 2 N–H and O–H groups in total. The van der Waals surface area contributed by atoms with E-state index in [2.05, 4.69) is 15.5 Å². The zero-order valence-corrected chi connectivity index (χ0v) is 15.2. The molecule has 8 heteroatoms. The number of carbonyl (C=O) groups is 2. The van der Waals surface area contributed by atoms with Crippen LogP contribution in [0.4, 0.5) is 0 Å². The number of nitrogens with zero attached hydrogens (tertiary/aromatic N) is 2. The van der Waals surface area contributed by atoms with Gasteiger partial charge in [-0.25, -0.2) is 4.79 Å². The number of rotatable bonds is 10. The van der Waals surface area contributed by atoms with Gasteiger partial charge < -0.3 is 19.7 Å². The van der Waals surface area contributed by atoms with Crippen molar-refractivity contribution in [1.29, 1.82) is 0 Å². The Morgan fingerprint density at radius 3 is 2.74 bits per heavy atom. The second-order valence-corrected chi connectivity index (χ2v) is 6.71. The molecule has 3 rings (SSSR count). The maximum Gasteiger partial charge on any atom is 0.341 e. The number of aryl methyl sites for hydroxylation is 1. The van der Waals surface area contributed by atoms with Crippen LogP contribution in [-0.4, -0.2) is 33.7 Å². The van der Waals surface area contributed by atoms with Crippen LogP contribution in [0.1, 0.15) is 61.8 Å². The van der Waals surface area contributed by atoms with Gasteiger partial charge in [0.15, 0.2) is 12.4 Å². The van der Waals surface area contributed by atoms with E-state index in [1.807, 2.05) is 6.92 Å². The Morgan fingerprint density at radius 2 is 2.07 bits per heavy atom. The highest BCUT2D eigenvalue weighted by atomic mass is 16.5. The fourth-order valence-corrected chi connectivity index (χ4v) is 2.67. The van der Waals surface area contributed by atoms with Crippen LogP contribution < -0.4 is 10.1 Å². The van der Waals surface area contributed by atoms with Crippen LogP contribution in [0.5, 0.6) is 5.75 Å². The quantitative estimate of drug-likeness (QED) is 0.658. The fraction of sp³-hybridized carbons (Fsp3) is 0.474. The topological polar surface area (TPSA) is 115 Å². The molecule has 2 aromatic rings. The first-order valence-electron chi connectivity index (χ1n) is 9.07. The highest BCUT2D eigenvalue weighted by molar-refractivity contribution is 5.76. The summed E-state index contributed by atoms with van der Waals surface area (Å²) in [4.78, 5) is 27.0. The van der Waals surface area contributed by atoms with Gasteiger partial charge >= 0.3 is 5.97 Å². The Bertz CT molecular complexity index is 783. The number of amides is 1. The Labute approximate surface area is 156 Å². The maximum absolute atomic E-state index is 12.1. The van der Waals surface area contributed by atoms with Crippen molar-refractivity contribution >= 4 is 11.9 Å². The summed E-state index contributed by atoms with van der Waals surface area (Å²) >= 11 is 0. The number of nitrogens with one attached hydrogen (secondary N) is 1. The van der Waals surface area contributed by atoms with Gasteiger partial charge in [-0.1, -0.05) is 17.3 Å². The second-order valence-electron chi connectivity index (χ2n) is 6.71. The zero-order valence-electron chi connectivity index (χ0n) is 15.2. The fourth-order valence-electron chi connectivity index (χ4n) is 2.67. The molecule has 1 atom stereocenters. The van der Waals surface area contributed by atoms with Crippen molar-refractivity contribution in [2.75, 3.05) is 6.61 Å². The van der Waals surface area contributed by atoms with E-state index in [4.69, 9.17) is 14.4 Å². The number of hydrogen-bond donors (Lipinski definition) is 2. The predicted octanol–water partition coefficient (Wildman–Crippen LogP) is 2.61. The summed E-state index contributed by atoms with van der Waals surface area (Å²) in [5.74, 6) is 1.26. The van der Waals surface area contributed by atoms with Gasteiger partial charge in [-0.3, -0.25) is 4.79 Å². The first kappa shape index (κ1) is 18.9. The number of ether oxygens (including phenoxy) is 1. The SMILES string of the molecule is CC(NC(=O)CCCc1nc(C2CC2)no1)c1ccc(OCC(=O)O)cc1. The van der Waals surface area contributed by atoms with Gasteiger partial charge in [-0.2, -0.15) is 4.98 Å². The summed E-state index contributed by atoms with van der Waals surface area (Å²) in [6.07, 6.45) is 3.88.